The van der Waals surface area contributed by atoms with E-state index in [4.69, 9.17) is 4.98 Å². The van der Waals surface area contributed by atoms with Gasteiger partial charge in [0.25, 0.3) is 0 Å². The summed E-state index contributed by atoms with van der Waals surface area (Å²) < 4.78 is 2.26. The van der Waals surface area contributed by atoms with E-state index in [0.717, 1.165) is 41.8 Å². The minimum atomic E-state index is -0.162. The quantitative estimate of drug-likeness (QED) is 0.450. The molecule has 30 heavy (non-hydrogen) atoms. The number of hydrogen-bond acceptors (Lipinski definition) is 2. The van der Waals surface area contributed by atoms with Gasteiger partial charge in [-0.1, -0.05) is 72.8 Å². The van der Waals surface area contributed by atoms with Crippen molar-refractivity contribution in [2.45, 2.75) is 38.8 Å². The lowest BCUT2D eigenvalue weighted by Gasteiger charge is -2.16. The molecule has 0 saturated heterocycles. The maximum absolute atomic E-state index is 12.6. The Morgan fingerprint density at radius 3 is 2.27 bits per heavy atom. The number of benzene rings is 3. The smallest absolute Gasteiger partial charge is 0.224 e. The Morgan fingerprint density at radius 1 is 0.900 bits per heavy atom. The number of carbonyl (C=O) groups excluding carboxylic acids is 1. The maximum Gasteiger partial charge on any atom is 0.224 e. The summed E-state index contributed by atoms with van der Waals surface area (Å²) in [5.74, 6) is 0.919. The molecule has 1 aromatic heterocycles. The zero-order valence-electron chi connectivity index (χ0n) is 17.3. The molecule has 0 radical (unpaired) electrons. The van der Waals surface area contributed by atoms with Crippen LogP contribution in [-0.4, -0.2) is 15.5 Å². The second-order valence-corrected chi connectivity index (χ2v) is 7.65. The lowest BCUT2D eigenvalue weighted by atomic mass is 10.1. The molecule has 1 N–H and O–H groups in total. The van der Waals surface area contributed by atoms with Crippen LogP contribution in [0.4, 0.5) is 0 Å². The number of imidazole rings is 1. The van der Waals surface area contributed by atoms with Crippen LogP contribution in [0.5, 0.6) is 0 Å². The van der Waals surface area contributed by atoms with Crippen molar-refractivity contribution in [3.8, 4) is 0 Å². The van der Waals surface area contributed by atoms with Crippen molar-refractivity contribution in [1.29, 1.82) is 0 Å². The molecule has 4 nitrogen and oxygen atoms in total. The SMILES string of the molecule is CC(NC(=O)Cc1ccccc1)c1nc2ccccc2n1CCCc1ccccc1. The Balaban J connectivity index is 1.49. The van der Waals surface area contributed by atoms with Crippen molar-refractivity contribution in [3.05, 3.63) is 102 Å². The van der Waals surface area contributed by atoms with E-state index in [1.54, 1.807) is 0 Å². The van der Waals surface area contributed by atoms with Crippen LogP contribution in [0.1, 0.15) is 36.3 Å². The first-order valence-corrected chi connectivity index (χ1v) is 10.5. The van der Waals surface area contributed by atoms with E-state index in [1.807, 2.05) is 61.5 Å². The molecule has 0 aliphatic heterocycles. The van der Waals surface area contributed by atoms with E-state index in [0.29, 0.717) is 6.42 Å². The van der Waals surface area contributed by atoms with Crippen molar-refractivity contribution in [3.63, 3.8) is 0 Å². The Kier molecular flexibility index (Phi) is 6.23. The number of fused-ring (bicyclic) bond motifs is 1. The fraction of sp³-hybridized carbons (Fsp3) is 0.231. The van der Waals surface area contributed by atoms with Gasteiger partial charge in [0.2, 0.25) is 5.91 Å². The first kappa shape index (κ1) is 19.9. The van der Waals surface area contributed by atoms with Gasteiger partial charge < -0.3 is 9.88 Å². The zero-order chi connectivity index (χ0) is 20.8. The molecular formula is C26H27N3O. The third-order valence-electron chi connectivity index (χ3n) is 5.35. The molecule has 0 spiro atoms. The largest absolute Gasteiger partial charge is 0.346 e. The van der Waals surface area contributed by atoms with Crippen LogP contribution >= 0.6 is 0 Å². The fourth-order valence-corrected chi connectivity index (χ4v) is 3.88. The lowest BCUT2D eigenvalue weighted by Crippen LogP contribution is -2.30. The number of amides is 1. The number of nitrogens with one attached hydrogen (secondary N) is 1. The summed E-state index contributed by atoms with van der Waals surface area (Å²) in [5, 5.41) is 3.13. The maximum atomic E-state index is 12.6. The van der Waals surface area contributed by atoms with Crippen molar-refractivity contribution < 1.29 is 4.79 Å². The minimum Gasteiger partial charge on any atom is -0.346 e. The summed E-state index contributed by atoms with van der Waals surface area (Å²) >= 11 is 0. The molecule has 1 amide bonds. The Labute approximate surface area is 177 Å². The summed E-state index contributed by atoms with van der Waals surface area (Å²) in [7, 11) is 0. The van der Waals surface area contributed by atoms with Gasteiger partial charge in [-0.05, 0) is 43.0 Å². The summed E-state index contributed by atoms with van der Waals surface area (Å²) in [6.45, 7) is 2.88. The molecule has 3 aromatic carbocycles. The monoisotopic (exact) mass is 397 g/mol. The predicted molar refractivity (Wildman–Crippen MR) is 121 cm³/mol. The van der Waals surface area contributed by atoms with Crippen LogP contribution in [0.2, 0.25) is 0 Å². The van der Waals surface area contributed by atoms with Crippen LogP contribution in [0, 0.1) is 0 Å². The number of nitrogens with zero attached hydrogens (tertiary/aromatic N) is 2. The molecule has 4 rings (SSSR count). The Hall–Kier alpha value is -3.40. The average Bonchev–Trinajstić information content (AvgIpc) is 3.14. The molecular weight excluding hydrogens is 370 g/mol. The highest BCUT2D eigenvalue weighted by molar-refractivity contribution is 5.79. The molecule has 1 heterocycles. The molecule has 4 aromatic rings. The van der Waals surface area contributed by atoms with Crippen LogP contribution in [0.25, 0.3) is 11.0 Å². The highest BCUT2D eigenvalue weighted by atomic mass is 16.1. The molecule has 1 atom stereocenters. The van der Waals surface area contributed by atoms with Gasteiger partial charge in [0.05, 0.1) is 23.5 Å². The van der Waals surface area contributed by atoms with E-state index in [2.05, 4.69) is 40.2 Å². The van der Waals surface area contributed by atoms with E-state index < -0.39 is 0 Å². The molecule has 0 aliphatic rings. The summed E-state index contributed by atoms with van der Waals surface area (Å²) in [6, 6.07) is 28.4. The van der Waals surface area contributed by atoms with E-state index in [9.17, 15) is 4.79 Å². The van der Waals surface area contributed by atoms with Crippen LogP contribution in [0.15, 0.2) is 84.9 Å². The fourth-order valence-electron chi connectivity index (χ4n) is 3.88. The van der Waals surface area contributed by atoms with Gasteiger partial charge >= 0.3 is 0 Å². The molecule has 0 fully saturated rings. The highest BCUT2D eigenvalue weighted by Crippen LogP contribution is 2.22. The normalized spacial score (nSPS) is 12.0. The van der Waals surface area contributed by atoms with E-state index in [-0.39, 0.29) is 11.9 Å². The van der Waals surface area contributed by atoms with Gasteiger partial charge in [0.15, 0.2) is 0 Å². The number of para-hydroxylation sites is 2. The molecule has 4 heteroatoms. The molecule has 152 valence electrons. The highest BCUT2D eigenvalue weighted by Gasteiger charge is 2.18. The van der Waals surface area contributed by atoms with Gasteiger partial charge in [0.1, 0.15) is 5.82 Å². The standard InChI is InChI=1S/C26H27N3O/c1-20(27-25(30)19-22-13-6-3-7-14-22)26-28-23-16-8-9-17-24(23)29(26)18-10-15-21-11-4-2-5-12-21/h2-9,11-14,16-17,20H,10,15,18-19H2,1H3,(H,27,30). The summed E-state index contributed by atoms with van der Waals surface area (Å²) in [5.41, 5.74) is 4.44. The van der Waals surface area contributed by atoms with Gasteiger partial charge in [-0.15, -0.1) is 0 Å². The van der Waals surface area contributed by atoms with Crippen molar-refractivity contribution in [2.75, 3.05) is 0 Å². The topological polar surface area (TPSA) is 46.9 Å². The minimum absolute atomic E-state index is 0.0107. The number of aromatic nitrogens is 2. The number of aryl methyl sites for hydroxylation is 2. The lowest BCUT2D eigenvalue weighted by molar-refractivity contribution is -0.121. The van der Waals surface area contributed by atoms with Gasteiger partial charge in [-0.25, -0.2) is 4.98 Å². The molecule has 1 unspecified atom stereocenters. The average molecular weight is 398 g/mol. The molecule has 0 aliphatic carbocycles. The molecule has 0 saturated carbocycles. The van der Waals surface area contributed by atoms with Crippen LogP contribution in [0.3, 0.4) is 0 Å². The van der Waals surface area contributed by atoms with Crippen LogP contribution in [-0.2, 0) is 24.2 Å². The Bertz CT molecular complexity index is 1100. The van der Waals surface area contributed by atoms with Gasteiger partial charge in [-0.2, -0.15) is 0 Å². The van der Waals surface area contributed by atoms with Gasteiger partial charge in [0, 0.05) is 6.54 Å². The number of carbonyl (C=O) groups is 1. The van der Waals surface area contributed by atoms with Crippen molar-refractivity contribution in [2.24, 2.45) is 0 Å². The Morgan fingerprint density at radius 2 is 1.53 bits per heavy atom. The number of hydrogen-bond donors (Lipinski definition) is 1. The van der Waals surface area contributed by atoms with Crippen molar-refractivity contribution >= 4 is 16.9 Å². The summed E-state index contributed by atoms with van der Waals surface area (Å²) in [4.78, 5) is 17.4. The number of rotatable bonds is 8. The third-order valence-corrected chi connectivity index (χ3v) is 5.35. The molecule has 0 bridgehead atoms. The van der Waals surface area contributed by atoms with Gasteiger partial charge in [-0.3, -0.25) is 4.79 Å². The van der Waals surface area contributed by atoms with Crippen LogP contribution < -0.4 is 5.32 Å². The first-order chi connectivity index (χ1) is 14.7. The second kappa shape index (κ2) is 9.40. The third kappa shape index (κ3) is 4.77. The van der Waals surface area contributed by atoms with E-state index >= 15 is 0 Å². The zero-order valence-corrected chi connectivity index (χ0v) is 17.3. The summed E-state index contributed by atoms with van der Waals surface area (Å²) in [6.07, 6.45) is 2.41. The first-order valence-electron chi connectivity index (χ1n) is 10.5. The van der Waals surface area contributed by atoms with Crippen molar-refractivity contribution in [1.82, 2.24) is 14.9 Å². The second-order valence-electron chi connectivity index (χ2n) is 7.65. The van der Waals surface area contributed by atoms with E-state index in [1.165, 1.54) is 5.56 Å². The predicted octanol–water partition coefficient (Wildman–Crippen LogP) is 5.09.